The van der Waals surface area contributed by atoms with Crippen molar-refractivity contribution in [1.82, 2.24) is 24.6 Å². The molecule has 3 aromatic rings. The molecule has 4 fully saturated rings. The van der Waals surface area contributed by atoms with Crippen molar-refractivity contribution < 1.29 is 9.59 Å². The van der Waals surface area contributed by atoms with E-state index in [1.54, 1.807) is 10.9 Å². The molecule has 1 aliphatic heterocycles. The maximum atomic E-state index is 13.4. The number of hydrogen-bond donors (Lipinski definition) is 1. The van der Waals surface area contributed by atoms with Gasteiger partial charge in [-0.3, -0.25) is 9.59 Å². The zero-order valence-electron chi connectivity index (χ0n) is 21.9. The predicted octanol–water partition coefficient (Wildman–Crippen LogP) is 4.71. The van der Waals surface area contributed by atoms with Gasteiger partial charge in [0.15, 0.2) is 0 Å². The molecule has 38 heavy (non-hydrogen) atoms. The first-order chi connectivity index (χ1) is 18.5. The SMILES string of the molecule is Cc1c(C(=O)N2CCc3c(ncnc3NC(=O)CC34CC5CC(CC(C5)C3)C4)C2)cnn1-c1ccccc1. The van der Waals surface area contributed by atoms with Gasteiger partial charge in [-0.15, -0.1) is 0 Å². The molecule has 1 N–H and O–H groups in total. The van der Waals surface area contributed by atoms with Crippen LogP contribution in [0.1, 0.15) is 72.3 Å². The summed E-state index contributed by atoms with van der Waals surface area (Å²) >= 11 is 0. The number of nitrogens with one attached hydrogen (secondary N) is 1. The molecule has 4 bridgehead atoms. The summed E-state index contributed by atoms with van der Waals surface area (Å²) in [5.74, 6) is 3.12. The summed E-state index contributed by atoms with van der Waals surface area (Å²) in [5, 5.41) is 7.61. The molecule has 3 heterocycles. The van der Waals surface area contributed by atoms with Gasteiger partial charge in [0.25, 0.3) is 5.91 Å². The van der Waals surface area contributed by atoms with Gasteiger partial charge >= 0.3 is 0 Å². The van der Waals surface area contributed by atoms with E-state index < -0.39 is 0 Å². The number of carbonyl (C=O) groups excluding carboxylic acids is 2. The number of nitrogens with zero attached hydrogens (tertiary/aromatic N) is 5. The Kier molecular flexibility index (Phi) is 5.60. The average Bonchev–Trinajstić information content (AvgIpc) is 3.28. The lowest BCUT2D eigenvalue weighted by Gasteiger charge is -2.56. The molecule has 8 nitrogen and oxygen atoms in total. The number of para-hydroxylation sites is 1. The van der Waals surface area contributed by atoms with Crippen LogP contribution in [0.5, 0.6) is 0 Å². The first-order valence-corrected chi connectivity index (χ1v) is 14.0. The van der Waals surface area contributed by atoms with Crippen LogP contribution < -0.4 is 5.32 Å². The van der Waals surface area contributed by atoms with Crippen LogP contribution in [0.25, 0.3) is 5.69 Å². The Morgan fingerprint density at radius 2 is 1.74 bits per heavy atom. The molecule has 0 saturated heterocycles. The van der Waals surface area contributed by atoms with Crippen molar-refractivity contribution in [3.63, 3.8) is 0 Å². The Bertz CT molecular complexity index is 1360. The normalized spacial score (nSPS) is 27.3. The second kappa shape index (κ2) is 9.03. The van der Waals surface area contributed by atoms with Gasteiger partial charge < -0.3 is 10.2 Å². The Hall–Kier alpha value is -3.55. The molecule has 4 saturated carbocycles. The van der Waals surface area contributed by atoms with E-state index in [1.165, 1.54) is 44.9 Å². The van der Waals surface area contributed by atoms with Gasteiger partial charge in [0, 0.05) is 18.5 Å². The molecule has 4 aliphatic carbocycles. The summed E-state index contributed by atoms with van der Waals surface area (Å²) in [5.41, 5.74) is 4.28. The lowest BCUT2D eigenvalue weighted by atomic mass is 9.49. The summed E-state index contributed by atoms with van der Waals surface area (Å²) < 4.78 is 1.80. The number of fused-ring (bicyclic) bond motifs is 1. The highest BCUT2D eigenvalue weighted by atomic mass is 16.2. The second-order valence-corrected chi connectivity index (χ2v) is 12.2. The van der Waals surface area contributed by atoms with Gasteiger partial charge in [-0.1, -0.05) is 18.2 Å². The molecule has 8 heteroatoms. The smallest absolute Gasteiger partial charge is 0.257 e. The van der Waals surface area contributed by atoms with E-state index in [-0.39, 0.29) is 17.2 Å². The summed E-state index contributed by atoms with van der Waals surface area (Å²) in [6.07, 6.45) is 12.1. The minimum absolute atomic E-state index is 0.0543. The van der Waals surface area contributed by atoms with Crippen LogP contribution in [0.3, 0.4) is 0 Å². The topological polar surface area (TPSA) is 93.0 Å². The van der Waals surface area contributed by atoms with E-state index in [2.05, 4.69) is 20.4 Å². The van der Waals surface area contributed by atoms with E-state index in [4.69, 9.17) is 0 Å². The molecule has 0 atom stereocenters. The number of carbonyl (C=O) groups is 2. The van der Waals surface area contributed by atoms with E-state index in [9.17, 15) is 9.59 Å². The van der Waals surface area contributed by atoms with Crippen LogP contribution in [-0.2, 0) is 17.8 Å². The lowest BCUT2D eigenvalue weighted by Crippen LogP contribution is -2.47. The van der Waals surface area contributed by atoms with Gasteiger partial charge in [0.1, 0.15) is 12.1 Å². The van der Waals surface area contributed by atoms with Crippen LogP contribution in [0.15, 0.2) is 42.9 Å². The fraction of sp³-hybridized carbons (Fsp3) is 0.500. The third-order valence-electron chi connectivity index (χ3n) is 9.49. The molecule has 0 unspecified atom stereocenters. The highest BCUT2D eigenvalue weighted by Crippen LogP contribution is 2.61. The van der Waals surface area contributed by atoms with Crippen molar-refractivity contribution in [3.8, 4) is 5.69 Å². The second-order valence-electron chi connectivity index (χ2n) is 12.2. The lowest BCUT2D eigenvalue weighted by molar-refractivity contribution is -0.124. The monoisotopic (exact) mass is 510 g/mol. The van der Waals surface area contributed by atoms with E-state index in [0.29, 0.717) is 37.3 Å². The van der Waals surface area contributed by atoms with Crippen LogP contribution in [0, 0.1) is 30.1 Å². The molecule has 2 aromatic heterocycles. The maximum Gasteiger partial charge on any atom is 0.257 e. The molecule has 1 aromatic carbocycles. The van der Waals surface area contributed by atoms with Gasteiger partial charge in [0.2, 0.25) is 5.91 Å². The molecule has 8 rings (SSSR count). The molecule has 0 spiro atoms. The van der Waals surface area contributed by atoms with Gasteiger partial charge in [-0.25, -0.2) is 14.6 Å². The standard InChI is InChI=1S/C30H34N6O2/c1-19-25(16-33-36(19)23-5-3-2-4-6-23)29(38)35-8-7-24-26(17-35)31-18-32-28(24)34-27(37)15-30-12-20-9-21(13-30)11-22(10-20)14-30/h2-6,16,18,20-22H,7-15,17H2,1H3,(H,31,32,34,37). The minimum Gasteiger partial charge on any atom is -0.332 e. The highest BCUT2D eigenvalue weighted by molar-refractivity contribution is 5.95. The molecular weight excluding hydrogens is 476 g/mol. The highest BCUT2D eigenvalue weighted by Gasteiger charge is 2.51. The van der Waals surface area contributed by atoms with Crippen molar-refractivity contribution in [1.29, 1.82) is 0 Å². The predicted molar refractivity (Wildman–Crippen MR) is 143 cm³/mol. The van der Waals surface area contributed by atoms with Crippen LogP contribution in [-0.4, -0.2) is 43.0 Å². The number of rotatable bonds is 5. The fourth-order valence-corrected chi connectivity index (χ4v) is 8.28. The van der Waals surface area contributed by atoms with Gasteiger partial charge in [-0.2, -0.15) is 5.10 Å². The number of benzene rings is 1. The van der Waals surface area contributed by atoms with Gasteiger partial charge in [-0.05, 0) is 87.2 Å². The first-order valence-electron chi connectivity index (χ1n) is 14.0. The van der Waals surface area contributed by atoms with Crippen LogP contribution in [0.2, 0.25) is 0 Å². The zero-order chi connectivity index (χ0) is 25.9. The van der Waals surface area contributed by atoms with E-state index in [1.807, 2.05) is 42.2 Å². The van der Waals surface area contributed by atoms with Crippen molar-refractivity contribution >= 4 is 17.6 Å². The maximum absolute atomic E-state index is 13.4. The number of hydrogen-bond acceptors (Lipinski definition) is 5. The summed E-state index contributed by atoms with van der Waals surface area (Å²) in [6, 6.07) is 9.82. The third-order valence-corrected chi connectivity index (χ3v) is 9.49. The van der Waals surface area contributed by atoms with Crippen molar-refractivity contribution in [2.45, 2.75) is 64.8 Å². The molecular formula is C30H34N6O2. The Morgan fingerprint density at radius 1 is 1.03 bits per heavy atom. The number of amides is 2. The first kappa shape index (κ1) is 23.6. The zero-order valence-corrected chi connectivity index (χ0v) is 21.9. The Morgan fingerprint density at radius 3 is 2.45 bits per heavy atom. The molecule has 2 amide bonds. The van der Waals surface area contributed by atoms with Crippen LogP contribution in [0.4, 0.5) is 5.82 Å². The fourth-order valence-electron chi connectivity index (χ4n) is 8.28. The third kappa shape index (κ3) is 4.10. The minimum atomic E-state index is -0.0543. The summed E-state index contributed by atoms with van der Waals surface area (Å²) in [6.45, 7) is 2.86. The number of anilines is 1. The van der Waals surface area contributed by atoms with Crippen LogP contribution >= 0.6 is 0 Å². The molecule has 196 valence electrons. The average molecular weight is 511 g/mol. The number of aromatic nitrogens is 4. The van der Waals surface area contributed by atoms with Crippen molar-refractivity contribution in [3.05, 3.63) is 65.4 Å². The summed E-state index contributed by atoms with van der Waals surface area (Å²) in [4.78, 5) is 37.5. The molecule has 5 aliphatic rings. The van der Waals surface area contributed by atoms with Crippen molar-refractivity contribution in [2.24, 2.45) is 23.2 Å². The van der Waals surface area contributed by atoms with Crippen molar-refractivity contribution in [2.75, 3.05) is 11.9 Å². The van der Waals surface area contributed by atoms with E-state index in [0.717, 1.165) is 40.4 Å². The Labute approximate surface area is 222 Å². The van der Waals surface area contributed by atoms with Gasteiger partial charge in [0.05, 0.1) is 35.4 Å². The quantitative estimate of drug-likeness (QED) is 0.536. The molecule has 0 radical (unpaired) electrons. The Balaban J connectivity index is 1.05. The largest absolute Gasteiger partial charge is 0.332 e. The summed E-state index contributed by atoms with van der Waals surface area (Å²) in [7, 11) is 0. The van der Waals surface area contributed by atoms with E-state index >= 15 is 0 Å².